The molecule has 2 amide bonds. The second kappa shape index (κ2) is 12.1. The summed E-state index contributed by atoms with van der Waals surface area (Å²) in [6.45, 7) is 1.94. The lowest BCUT2D eigenvalue weighted by molar-refractivity contribution is -0.384. The van der Waals surface area contributed by atoms with E-state index in [1.165, 1.54) is 30.5 Å². The van der Waals surface area contributed by atoms with Crippen molar-refractivity contribution >= 4 is 41.0 Å². The molecule has 3 aromatic carbocycles. The molecule has 180 valence electrons. The molecule has 0 unspecified atom stereocenters. The SMILES string of the molecule is CCOc1cc(/C=N/NC(=O)c2ccc([N+](=O)[O-])cc2)ccc1OCC(=O)Nc1ccc(Cl)cc1. The summed E-state index contributed by atoms with van der Waals surface area (Å²) in [5.74, 6) is -0.107. The van der Waals surface area contributed by atoms with Crippen LogP contribution in [0.25, 0.3) is 0 Å². The first-order chi connectivity index (χ1) is 16.9. The third-order valence-corrected chi connectivity index (χ3v) is 4.73. The summed E-state index contributed by atoms with van der Waals surface area (Å²) in [5.41, 5.74) is 3.67. The summed E-state index contributed by atoms with van der Waals surface area (Å²) >= 11 is 5.84. The van der Waals surface area contributed by atoms with Crippen LogP contribution in [0.1, 0.15) is 22.8 Å². The minimum Gasteiger partial charge on any atom is -0.490 e. The molecule has 35 heavy (non-hydrogen) atoms. The Hall–Kier alpha value is -4.44. The number of amides is 2. The van der Waals surface area contributed by atoms with Gasteiger partial charge in [0.25, 0.3) is 17.5 Å². The van der Waals surface area contributed by atoms with Crippen molar-refractivity contribution in [3.05, 3.63) is 93.0 Å². The molecule has 0 saturated carbocycles. The monoisotopic (exact) mass is 496 g/mol. The van der Waals surface area contributed by atoms with Crippen LogP contribution in [0.3, 0.4) is 0 Å². The number of halogens is 1. The van der Waals surface area contributed by atoms with E-state index in [4.69, 9.17) is 21.1 Å². The maximum absolute atomic E-state index is 12.2. The molecule has 0 radical (unpaired) electrons. The van der Waals surface area contributed by atoms with Gasteiger partial charge in [-0.1, -0.05) is 11.6 Å². The van der Waals surface area contributed by atoms with Crippen LogP contribution in [-0.2, 0) is 4.79 Å². The number of hydrogen-bond acceptors (Lipinski definition) is 7. The van der Waals surface area contributed by atoms with Crippen molar-refractivity contribution in [2.75, 3.05) is 18.5 Å². The van der Waals surface area contributed by atoms with E-state index in [9.17, 15) is 19.7 Å². The normalized spacial score (nSPS) is 10.6. The molecule has 0 aliphatic rings. The second-order valence-corrected chi connectivity index (χ2v) is 7.42. The van der Waals surface area contributed by atoms with Gasteiger partial charge in [-0.2, -0.15) is 5.10 Å². The summed E-state index contributed by atoms with van der Waals surface area (Å²) < 4.78 is 11.2. The highest BCUT2D eigenvalue weighted by molar-refractivity contribution is 6.30. The van der Waals surface area contributed by atoms with Gasteiger partial charge in [-0.05, 0) is 67.1 Å². The predicted octanol–water partition coefficient (Wildman–Crippen LogP) is 4.43. The Bertz CT molecular complexity index is 1230. The number of benzene rings is 3. The van der Waals surface area contributed by atoms with Gasteiger partial charge in [0.2, 0.25) is 0 Å². The molecule has 10 nitrogen and oxygen atoms in total. The Labute approximate surface area is 205 Å². The third kappa shape index (κ3) is 7.54. The fraction of sp³-hybridized carbons (Fsp3) is 0.125. The van der Waals surface area contributed by atoms with Crippen molar-refractivity contribution in [3.63, 3.8) is 0 Å². The van der Waals surface area contributed by atoms with E-state index < -0.39 is 10.8 Å². The van der Waals surface area contributed by atoms with Crippen LogP contribution in [0.5, 0.6) is 11.5 Å². The van der Waals surface area contributed by atoms with Crippen molar-refractivity contribution in [1.82, 2.24) is 5.43 Å². The Morgan fingerprint density at radius 3 is 2.40 bits per heavy atom. The number of nitrogens with one attached hydrogen (secondary N) is 2. The van der Waals surface area contributed by atoms with Crippen molar-refractivity contribution in [1.29, 1.82) is 0 Å². The topological polar surface area (TPSA) is 132 Å². The highest BCUT2D eigenvalue weighted by atomic mass is 35.5. The maximum atomic E-state index is 12.2. The van der Waals surface area contributed by atoms with E-state index in [0.29, 0.717) is 34.4 Å². The molecule has 0 fully saturated rings. The molecule has 0 heterocycles. The highest BCUT2D eigenvalue weighted by Crippen LogP contribution is 2.28. The van der Waals surface area contributed by atoms with E-state index in [1.807, 2.05) is 6.92 Å². The Morgan fingerprint density at radius 2 is 1.74 bits per heavy atom. The molecule has 0 bridgehead atoms. The lowest BCUT2D eigenvalue weighted by Crippen LogP contribution is -2.20. The number of hydrazone groups is 1. The minimum atomic E-state index is -0.546. The van der Waals surface area contributed by atoms with Gasteiger partial charge in [0.15, 0.2) is 18.1 Å². The van der Waals surface area contributed by atoms with Gasteiger partial charge in [-0.3, -0.25) is 19.7 Å². The molecular formula is C24H21ClN4O6. The number of nitrogens with zero attached hydrogens (tertiary/aromatic N) is 2. The van der Waals surface area contributed by atoms with Crippen LogP contribution in [-0.4, -0.2) is 36.2 Å². The van der Waals surface area contributed by atoms with Gasteiger partial charge in [0.1, 0.15) is 0 Å². The average Bonchev–Trinajstić information content (AvgIpc) is 2.85. The number of hydrogen-bond donors (Lipinski definition) is 2. The minimum absolute atomic E-state index is 0.113. The van der Waals surface area contributed by atoms with Crippen molar-refractivity contribution < 1.29 is 24.0 Å². The van der Waals surface area contributed by atoms with Crippen molar-refractivity contribution in [2.45, 2.75) is 6.92 Å². The number of ether oxygens (including phenoxy) is 2. The van der Waals surface area contributed by atoms with Gasteiger partial charge < -0.3 is 14.8 Å². The van der Waals surface area contributed by atoms with Crippen LogP contribution in [0.2, 0.25) is 5.02 Å². The Kier molecular flexibility index (Phi) is 8.74. The molecule has 3 rings (SSSR count). The van der Waals surface area contributed by atoms with Crippen LogP contribution in [0, 0.1) is 10.1 Å². The van der Waals surface area contributed by atoms with Gasteiger partial charge >= 0.3 is 0 Å². The number of rotatable bonds is 10. The van der Waals surface area contributed by atoms with Crippen LogP contribution < -0.4 is 20.2 Å². The van der Waals surface area contributed by atoms with Gasteiger partial charge in [0, 0.05) is 28.4 Å². The largest absolute Gasteiger partial charge is 0.490 e. The Balaban J connectivity index is 1.58. The fourth-order valence-electron chi connectivity index (χ4n) is 2.83. The second-order valence-electron chi connectivity index (χ2n) is 6.99. The number of anilines is 1. The van der Waals surface area contributed by atoms with Crippen LogP contribution in [0.4, 0.5) is 11.4 Å². The molecule has 0 aliphatic carbocycles. The number of nitro benzene ring substituents is 1. The molecule has 2 N–H and O–H groups in total. The van der Waals surface area contributed by atoms with Gasteiger partial charge in [-0.15, -0.1) is 0 Å². The standard InChI is InChI=1S/C24H21ClN4O6/c1-2-34-22-13-16(14-26-28-24(31)17-4-10-20(11-5-17)29(32)33)3-12-21(22)35-15-23(30)27-19-8-6-18(25)7-9-19/h3-14H,2,15H2,1H3,(H,27,30)(H,28,31)/b26-14+. The van der Waals surface area contributed by atoms with Crippen LogP contribution >= 0.6 is 11.6 Å². The molecule has 0 saturated heterocycles. The number of carbonyl (C=O) groups excluding carboxylic acids is 2. The summed E-state index contributed by atoms with van der Waals surface area (Å²) in [4.78, 5) is 34.5. The van der Waals surface area contributed by atoms with E-state index in [2.05, 4.69) is 15.8 Å². The van der Waals surface area contributed by atoms with Gasteiger partial charge in [0.05, 0.1) is 17.7 Å². The first-order valence-electron chi connectivity index (χ1n) is 10.4. The lowest BCUT2D eigenvalue weighted by atomic mass is 10.2. The number of non-ortho nitro benzene ring substituents is 1. The summed E-state index contributed by atoms with van der Waals surface area (Å²) in [6, 6.07) is 16.8. The fourth-order valence-corrected chi connectivity index (χ4v) is 2.96. The molecular weight excluding hydrogens is 476 g/mol. The zero-order chi connectivity index (χ0) is 25.2. The van der Waals surface area contributed by atoms with Crippen LogP contribution in [0.15, 0.2) is 71.8 Å². The van der Waals surface area contributed by atoms with Crippen molar-refractivity contribution in [3.8, 4) is 11.5 Å². The summed E-state index contributed by atoms with van der Waals surface area (Å²) in [7, 11) is 0. The molecule has 0 aromatic heterocycles. The smallest absolute Gasteiger partial charge is 0.271 e. The van der Waals surface area contributed by atoms with Gasteiger partial charge in [-0.25, -0.2) is 5.43 Å². The summed E-state index contributed by atoms with van der Waals surface area (Å²) in [6.07, 6.45) is 1.41. The van der Waals surface area contributed by atoms with E-state index in [0.717, 1.165) is 0 Å². The van der Waals surface area contributed by atoms with E-state index in [-0.39, 0.29) is 23.8 Å². The number of nitro groups is 1. The van der Waals surface area contributed by atoms with E-state index in [1.54, 1.807) is 42.5 Å². The highest BCUT2D eigenvalue weighted by Gasteiger charge is 2.11. The summed E-state index contributed by atoms with van der Waals surface area (Å²) in [5, 5.41) is 17.9. The first kappa shape index (κ1) is 25.2. The average molecular weight is 497 g/mol. The third-order valence-electron chi connectivity index (χ3n) is 4.47. The molecule has 11 heteroatoms. The quantitative estimate of drug-likeness (QED) is 0.242. The Morgan fingerprint density at radius 1 is 1.03 bits per heavy atom. The zero-order valence-corrected chi connectivity index (χ0v) is 19.3. The zero-order valence-electron chi connectivity index (χ0n) is 18.6. The lowest BCUT2D eigenvalue weighted by Gasteiger charge is -2.12. The maximum Gasteiger partial charge on any atom is 0.271 e. The van der Waals surface area contributed by atoms with E-state index >= 15 is 0 Å². The molecule has 0 aliphatic heterocycles. The predicted molar refractivity (Wildman–Crippen MR) is 131 cm³/mol. The molecule has 0 spiro atoms. The molecule has 0 atom stereocenters. The first-order valence-corrected chi connectivity index (χ1v) is 10.8. The molecule has 3 aromatic rings. The van der Waals surface area contributed by atoms with Crippen molar-refractivity contribution in [2.24, 2.45) is 5.10 Å². The number of carbonyl (C=O) groups is 2.